The maximum Gasteiger partial charge on any atom is 0.413 e. The van der Waals surface area contributed by atoms with Crippen molar-refractivity contribution in [2.75, 3.05) is 26.0 Å². The van der Waals surface area contributed by atoms with E-state index >= 15 is 0 Å². The van der Waals surface area contributed by atoms with Crippen LogP contribution in [0, 0.1) is 0 Å². The number of hydrogen-bond acceptors (Lipinski definition) is 8. The van der Waals surface area contributed by atoms with E-state index < -0.39 is 34.6 Å². The predicted octanol–water partition coefficient (Wildman–Crippen LogP) is 0.269. The molecule has 0 spiro atoms. The number of imide groups is 1. The second kappa shape index (κ2) is 9.35. The lowest BCUT2D eigenvalue weighted by atomic mass is 10.3. The lowest BCUT2D eigenvalue weighted by Crippen LogP contribution is -2.34. The van der Waals surface area contributed by atoms with Gasteiger partial charge >= 0.3 is 12.1 Å². The fourth-order valence-corrected chi connectivity index (χ4v) is 2.87. The molecule has 0 aliphatic rings. The number of ether oxygens (including phenoxy) is 2. The predicted molar refractivity (Wildman–Crippen MR) is 86.3 cm³/mol. The van der Waals surface area contributed by atoms with E-state index in [-0.39, 0.29) is 18.0 Å². The fraction of sp³-hybridized carbons (Fsp3) is 0.462. The number of alkyl carbamates (subject to hydrolysis) is 1. The first-order valence-electron chi connectivity index (χ1n) is 6.88. The third-order valence-electron chi connectivity index (χ3n) is 2.45. The van der Waals surface area contributed by atoms with Crippen molar-refractivity contribution in [3.05, 3.63) is 21.9 Å². The van der Waals surface area contributed by atoms with Crippen molar-refractivity contribution < 1.29 is 32.3 Å². The molecular weight excluding hydrogens is 360 g/mol. The molecule has 0 atom stereocenters. The summed E-state index contributed by atoms with van der Waals surface area (Å²) >= 11 is 1.13. The molecule has 0 aliphatic carbocycles. The summed E-state index contributed by atoms with van der Waals surface area (Å²) in [6.45, 7) is 1.31. The summed E-state index contributed by atoms with van der Waals surface area (Å²) in [7, 11) is -3.26. The number of hydrogen-bond donors (Lipinski definition) is 2. The third-order valence-corrected chi connectivity index (χ3v) is 4.30. The molecule has 11 heteroatoms. The normalized spacial score (nSPS) is 10.9. The number of amides is 2. The van der Waals surface area contributed by atoms with E-state index in [0.717, 1.165) is 22.5 Å². The zero-order valence-electron chi connectivity index (χ0n) is 13.2. The highest BCUT2D eigenvalue weighted by molar-refractivity contribution is 7.88. The van der Waals surface area contributed by atoms with Crippen LogP contribution in [0.25, 0.3) is 0 Å². The van der Waals surface area contributed by atoms with Gasteiger partial charge in [0.1, 0.15) is 4.88 Å². The molecule has 0 saturated heterocycles. The van der Waals surface area contributed by atoms with Crippen LogP contribution in [0.2, 0.25) is 0 Å². The highest BCUT2D eigenvalue weighted by Gasteiger charge is 2.15. The molecule has 0 aliphatic heterocycles. The first-order valence-corrected chi connectivity index (χ1v) is 9.59. The van der Waals surface area contributed by atoms with Gasteiger partial charge < -0.3 is 9.47 Å². The minimum absolute atomic E-state index is 0.116. The fourth-order valence-electron chi connectivity index (χ4n) is 1.50. The number of nitrogens with one attached hydrogen (secondary N) is 2. The summed E-state index contributed by atoms with van der Waals surface area (Å²) in [6, 6.07) is 3.19. The van der Waals surface area contributed by atoms with Gasteiger partial charge in [-0.3, -0.25) is 10.1 Å². The van der Waals surface area contributed by atoms with Crippen LogP contribution in [0.15, 0.2) is 12.1 Å². The average molecular weight is 378 g/mol. The van der Waals surface area contributed by atoms with Crippen LogP contribution in [0.3, 0.4) is 0 Å². The van der Waals surface area contributed by atoms with Gasteiger partial charge in [-0.2, -0.15) is 0 Å². The molecule has 0 bridgehead atoms. The SMILES string of the molecule is CCOC(=O)NC(=O)COC(=O)c1ccc(CCNS(C)(=O)=O)s1. The van der Waals surface area contributed by atoms with Crippen LogP contribution in [0.1, 0.15) is 21.5 Å². The highest BCUT2D eigenvalue weighted by Crippen LogP contribution is 2.17. The Morgan fingerprint density at radius 1 is 1.21 bits per heavy atom. The lowest BCUT2D eigenvalue weighted by molar-refractivity contribution is -0.123. The van der Waals surface area contributed by atoms with Crippen LogP contribution in [0.5, 0.6) is 0 Å². The van der Waals surface area contributed by atoms with Crippen LogP contribution in [-0.2, 0) is 30.7 Å². The molecule has 1 aromatic heterocycles. The van der Waals surface area contributed by atoms with Crippen molar-refractivity contribution in [3.8, 4) is 0 Å². The minimum Gasteiger partial charge on any atom is -0.451 e. The van der Waals surface area contributed by atoms with Crippen molar-refractivity contribution in [3.63, 3.8) is 0 Å². The van der Waals surface area contributed by atoms with Gasteiger partial charge in [0, 0.05) is 11.4 Å². The Bertz CT molecular complexity index is 697. The van der Waals surface area contributed by atoms with Gasteiger partial charge in [-0.25, -0.2) is 22.7 Å². The van der Waals surface area contributed by atoms with Crippen LogP contribution >= 0.6 is 11.3 Å². The number of carbonyl (C=O) groups is 3. The van der Waals surface area contributed by atoms with Crippen molar-refractivity contribution in [2.45, 2.75) is 13.3 Å². The molecule has 0 saturated carbocycles. The first kappa shape index (κ1) is 20.1. The smallest absolute Gasteiger partial charge is 0.413 e. The third kappa shape index (κ3) is 8.04. The van der Waals surface area contributed by atoms with Gasteiger partial charge in [-0.1, -0.05) is 0 Å². The van der Waals surface area contributed by atoms with Gasteiger partial charge in [0.25, 0.3) is 5.91 Å². The number of sulfonamides is 1. The molecule has 0 radical (unpaired) electrons. The zero-order chi connectivity index (χ0) is 18.2. The molecule has 9 nitrogen and oxygen atoms in total. The minimum atomic E-state index is -3.26. The lowest BCUT2D eigenvalue weighted by Gasteiger charge is -2.04. The van der Waals surface area contributed by atoms with Gasteiger partial charge in [0.2, 0.25) is 10.0 Å². The number of esters is 1. The monoisotopic (exact) mass is 378 g/mol. The molecule has 0 aromatic carbocycles. The van der Waals surface area contributed by atoms with Gasteiger partial charge in [0.15, 0.2) is 6.61 Å². The van der Waals surface area contributed by atoms with E-state index in [4.69, 9.17) is 4.74 Å². The summed E-state index contributed by atoms with van der Waals surface area (Å²) in [5, 5.41) is 1.90. The van der Waals surface area contributed by atoms with Crippen molar-refractivity contribution in [2.24, 2.45) is 0 Å². The summed E-state index contributed by atoms with van der Waals surface area (Å²) in [6.07, 6.45) is 0.579. The summed E-state index contributed by atoms with van der Waals surface area (Å²) in [5.74, 6) is -1.50. The Labute approximate surface area is 143 Å². The van der Waals surface area contributed by atoms with Crippen molar-refractivity contribution in [1.29, 1.82) is 0 Å². The van der Waals surface area contributed by atoms with Crippen LogP contribution in [0.4, 0.5) is 4.79 Å². The molecule has 2 N–H and O–H groups in total. The van der Waals surface area contributed by atoms with E-state index in [9.17, 15) is 22.8 Å². The Morgan fingerprint density at radius 3 is 2.54 bits per heavy atom. The molecule has 1 aromatic rings. The standard InChI is InChI=1S/C13H18N2O7S2/c1-3-21-13(18)15-11(16)8-22-12(17)10-5-4-9(23-10)6-7-14-24(2,19)20/h4-5,14H,3,6-8H2,1-2H3,(H,15,16,18). The molecule has 2 amide bonds. The van der Waals surface area contributed by atoms with E-state index in [0.29, 0.717) is 6.42 Å². The quantitative estimate of drug-likeness (QED) is 0.621. The van der Waals surface area contributed by atoms with E-state index in [1.54, 1.807) is 13.0 Å². The highest BCUT2D eigenvalue weighted by atomic mass is 32.2. The van der Waals surface area contributed by atoms with Gasteiger partial charge in [-0.05, 0) is 25.5 Å². The van der Waals surface area contributed by atoms with E-state index in [2.05, 4.69) is 9.46 Å². The second-order valence-electron chi connectivity index (χ2n) is 4.53. The molecule has 0 fully saturated rings. The maximum absolute atomic E-state index is 11.8. The number of thiophene rings is 1. The van der Waals surface area contributed by atoms with Crippen molar-refractivity contribution in [1.82, 2.24) is 10.0 Å². The summed E-state index contributed by atoms with van der Waals surface area (Å²) < 4.78 is 33.5. The van der Waals surface area contributed by atoms with E-state index in [1.165, 1.54) is 6.07 Å². The molecular formula is C13H18N2O7S2. The second-order valence-corrected chi connectivity index (χ2v) is 7.53. The first-order chi connectivity index (χ1) is 11.2. The Balaban J connectivity index is 2.40. The molecule has 1 rings (SSSR count). The number of carbonyl (C=O) groups excluding carboxylic acids is 3. The van der Waals surface area contributed by atoms with Crippen LogP contribution < -0.4 is 10.0 Å². The topological polar surface area (TPSA) is 128 Å². The molecule has 134 valence electrons. The Morgan fingerprint density at radius 2 is 1.92 bits per heavy atom. The maximum atomic E-state index is 11.8. The van der Waals surface area contributed by atoms with Gasteiger partial charge in [0.05, 0.1) is 12.9 Å². The van der Waals surface area contributed by atoms with Crippen LogP contribution in [-0.4, -0.2) is 52.4 Å². The van der Waals surface area contributed by atoms with Crippen molar-refractivity contribution >= 4 is 39.3 Å². The molecule has 24 heavy (non-hydrogen) atoms. The van der Waals surface area contributed by atoms with E-state index in [1.807, 2.05) is 5.32 Å². The Kier molecular flexibility index (Phi) is 7.82. The Hall–Kier alpha value is -1.98. The van der Waals surface area contributed by atoms with Gasteiger partial charge in [-0.15, -0.1) is 11.3 Å². The number of rotatable bonds is 8. The average Bonchev–Trinajstić information content (AvgIpc) is 2.92. The summed E-state index contributed by atoms with van der Waals surface area (Å²) in [4.78, 5) is 35.2. The molecule has 1 heterocycles. The largest absolute Gasteiger partial charge is 0.451 e. The molecule has 0 unspecified atom stereocenters. The zero-order valence-corrected chi connectivity index (χ0v) is 14.8. The summed E-state index contributed by atoms with van der Waals surface area (Å²) in [5.41, 5.74) is 0.